The maximum Gasteiger partial charge on any atom is 0.321 e. The van der Waals surface area contributed by atoms with Crippen LogP contribution < -0.4 is 10.2 Å². The summed E-state index contributed by atoms with van der Waals surface area (Å²) in [5.74, 6) is -5.69. The topological polar surface area (TPSA) is 67.2 Å². The van der Waals surface area contributed by atoms with Crippen LogP contribution in [0.4, 0.5) is 18.9 Å². The molecule has 0 bridgehead atoms. The van der Waals surface area contributed by atoms with Crippen LogP contribution in [0, 0.1) is 11.2 Å². The zero-order valence-corrected chi connectivity index (χ0v) is 20.5. The average molecular weight is 507 g/mol. The van der Waals surface area contributed by atoms with Gasteiger partial charge >= 0.3 is 5.92 Å². The van der Waals surface area contributed by atoms with Crippen molar-refractivity contribution in [1.82, 2.24) is 15.1 Å². The number of anilines is 1. The zero-order chi connectivity index (χ0) is 26.5. The van der Waals surface area contributed by atoms with Crippen LogP contribution in [0.25, 0.3) is 16.6 Å². The van der Waals surface area contributed by atoms with E-state index in [1.165, 1.54) is 12.1 Å². The van der Waals surface area contributed by atoms with Crippen LogP contribution in [-0.2, 0) is 9.59 Å². The maximum atomic E-state index is 13.9. The van der Waals surface area contributed by atoms with E-state index in [1.54, 1.807) is 84.2 Å². The standard InChI is InChI=1S/C28H25F3N4O2/c1-27(2)24(33-25(36)28(3,30)31)23(17-7-5-4-6-8-17)34(26(27)37)21-13-14-22-18(15-21)16-32-35(22)20-11-9-19(29)10-12-20/h4-16,23-24H,1-3H3,(H,33,36)/t23-,24-/m0/s1. The SMILES string of the molecule is CC(F)(F)C(=O)N[C@H]1[C@H](c2ccccc2)N(c2ccc3c(cnn3-c3ccc(F)cc3)c2)C(=O)C1(C)C. The summed E-state index contributed by atoms with van der Waals surface area (Å²) in [5.41, 5.74) is 1.49. The summed E-state index contributed by atoms with van der Waals surface area (Å²) in [6, 6.07) is 18.7. The fraction of sp³-hybridized carbons (Fsp3) is 0.250. The van der Waals surface area contributed by atoms with E-state index in [4.69, 9.17) is 0 Å². The van der Waals surface area contributed by atoms with Crippen molar-refractivity contribution in [1.29, 1.82) is 0 Å². The van der Waals surface area contributed by atoms with Crippen molar-refractivity contribution in [3.8, 4) is 5.69 Å². The normalized spacial score (nSPS) is 19.4. The van der Waals surface area contributed by atoms with Crippen LogP contribution in [0.15, 0.2) is 79.0 Å². The molecule has 3 aromatic carbocycles. The molecular weight excluding hydrogens is 481 g/mol. The molecule has 1 aromatic heterocycles. The number of nitrogens with one attached hydrogen (secondary N) is 1. The van der Waals surface area contributed by atoms with E-state index in [0.717, 1.165) is 10.9 Å². The number of carbonyl (C=O) groups is 2. The van der Waals surface area contributed by atoms with Gasteiger partial charge in [-0.15, -0.1) is 0 Å². The molecule has 2 atom stereocenters. The van der Waals surface area contributed by atoms with Gasteiger partial charge in [-0.25, -0.2) is 9.07 Å². The minimum atomic E-state index is -3.60. The number of fused-ring (bicyclic) bond motifs is 1. The minimum absolute atomic E-state index is 0.309. The highest BCUT2D eigenvalue weighted by atomic mass is 19.3. The lowest BCUT2D eigenvalue weighted by molar-refractivity contribution is -0.144. The first-order valence-corrected chi connectivity index (χ1v) is 11.8. The molecule has 0 saturated carbocycles. The Morgan fingerprint density at radius 3 is 2.30 bits per heavy atom. The molecule has 4 aromatic rings. The number of hydrogen-bond acceptors (Lipinski definition) is 3. The Morgan fingerprint density at radius 2 is 1.65 bits per heavy atom. The molecule has 2 amide bonds. The quantitative estimate of drug-likeness (QED) is 0.393. The van der Waals surface area contributed by atoms with E-state index in [-0.39, 0.29) is 11.7 Å². The number of amides is 2. The Bertz CT molecular complexity index is 1480. The minimum Gasteiger partial charge on any atom is -0.345 e. The molecule has 9 heteroatoms. The Morgan fingerprint density at radius 1 is 1.00 bits per heavy atom. The zero-order valence-electron chi connectivity index (χ0n) is 20.5. The van der Waals surface area contributed by atoms with Crippen LogP contribution >= 0.6 is 0 Å². The van der Waals surface area contributed by atoms with Crippen molar-refractivity contribution in [2.45, 2.75) is 38.8 Å². The van der Waals surface area contributed by atoms with E-state index in [9.17, 15) is 22.8 Å². The van der Waals surface area contributed by atoms with Crippen molar-refractivity contribution >= 4 is 28.4 Å². The molecule has 2 heterocycles. The van der Waals surface area contributed by atoms with Gasteiger partial charge in [0, 0.05) is 18.0 Å². The van der Waals surface area contributed by atoms with Crippen LogP contribution in [0.1, 0.15) is 32.4 Å². The van der Waals surface area contributed by atoms with Gasteiger partial charge in [0.2, 0.25) is 5.91 Å². The lowest BCUT2D eigenvalue weighted by atomic mass is 9.82. The third-order valence-corrected chi connectivity index (χ3v) is 6.87. The molecule has 0 radical (unpaired) electrons. The smallest absolute Gasteiger partial charge is 0.321 e. The first-order valence-electron chi connectivity index (χ1n) is 11.8. The molecule has 37 heavy (non-hydrogen) atoms. The molecule has 1 N–H and O–H groups in total. The second-order valence-corrected chi connectivity index (χ2v) is 9.87. The number of benzene rings is 3. The highest BCUT2D eigenvalue weighted by Crippen LogP contribution is 2.47. The van der Waals surface area contributed by atoms with Crippen LogP contribution in [0.2, 0.25) is 0 Å². The van der Waals surface area contributed by atoms with Crippen molar-refractivity contribution in [3.05, 3.63) is 90.4 Å². The van der Waals surface area contributed by atoms with Gasteiger partial charge < -0.3 is 10.2 Å². The fourth-order valence-corrected chi connectivity index (χ4v) is 4.87. The second kappa shape index (κ2) is 8.76. The Labute approximate surface area is 211 Å². The number of aromatic nitrogens is 2. The first kappa shape index (κ1) is 24.5. The summed E-state index contributed by atoms with van der Waals surface area (Å²) in [6.07, 6.45) is 1.64. The molecule has 1 fully saturated rings. The molecule has 5 rings (SSSR count). The molecule has 190 valence electrons. The van der Waals surface area contributed by atoms with E-state index in [2.05, 4.69) is 10.4 Å². The van der Waals surface area contributed by atoms with Gasteiger partial charge in [0.1, 0.15) is 5.82 Å². The van der Waals surface area contributed by atoms with Gasteiger partial charge in [0.15, 0.2) is 0 Å². The van der Waals surface area contributed by atoms with Gasteiger partial charge in [-0.05, 0) is 61.9 Å². The van der Waals surface area contributed by atoms with Gasteiger partial charge in [-0.3, -0.25) is 9.59 Å². The number of carbonyl (C=O) groups excluding carboxylic acids is 2. The van der Waals surface area contributed by atoms with Gasteiger partial charge in [-0.2, -0.15) is 13.9 Å². The van der Waals surface area contributed by atoms with Crippen molar-refractivity contribution < 1.29 is 22.8 Å². The molecule has 1 aliphatic heterocycles. The fourth-order valence-electron chi connectivity index (χ4n) is 4.87. The van der Waals surface area contributed by atoms with Gasteiger partial charge in [0.25, 0.3) is 5.91 Å². The molecular formula is C28H25F3N4O2. The number of halogens is 3. The lowest BCUT2D eigenvalue weighted by Crippen LogP contribution is -2.51. The summed E-state index contributed by atoms with van der Waals surface area (Å²) in [5, 5.41) is 7.60. The summed E-state index contributed by atoms with van der Waals surface area (Å²) in [4.78, 5) is 27.7. The molecule has 1 aliphatic rings. The predicted octanol–water partition coefficient (Wildman–Crippen LogP) is 5.42. The Balaban J connectivity index is 1.60. The van der Waals surface area contributed by atoms with Gasteiger partial charge in [0.05, 0.1) is 34.9 Å². The van der Waals surface area contributed by atoms with E-state index < -0.39 is 29.3 Å². The van der Waals surface area contributed by atoms with Crippen molar-refractivity contribution in [3.63, 3.8) is 0 Å². The van der Waals surface area contributed by atoms with Crippen molar-refractivity contribution in [2.75, 3.05) is 4.90 Å². The summed E-state index contributed by atoms with van der Waals surface area (Å²) < 4.78 is 42.8. The van der Waals surface area contributed by atoms with Gasteiger partial charge in [-0.1, -0.05) is 30.3 Å². The molecule has 0 spiro atoms. The molecule has 6 nitrogen and oxygen atoms in total. The largest absolute Gasteiger partial charge is 0.345 e. The van der Waals surface area contributed by atoms with Crippen molar-refractivity contribution in [2.24, 2.45) is 5.41 Å². The van der Waals surface area contributed by atoms with Crippen LogP contribution in [-0.4, -0.2) is 33.6 Å². The monoisotopic (exact) mass is 506 g/mol. The Hall–Kier alpha value is -4.14. The highest BCUT2D eigenvalue weighted by Gasteiger charge is 2.56. The molecule has 1 saturated heterocycles. The van der Waals surface area contributed by atoms with Crippen LogP contribution in [0.3, 0.4) is 0 Å². The molecule has 0 aliphatic carbocycles. The van der Waals surface area contributed by atoms with Crippen LogP contribution in [0.5, 0.6) is 0 Å². The number of alkyl halides is 2. The third kappa shape index (κ3) is 4.24. The number of nitrogens with zero attached hydrogens (tertiary/aromatic N) is 3. The lowest BCUT2D eigenvalue weighted by Gasteiger charge is -2.31. The number of hydrogen-bond donors (Lipinski definition) is 1. The van der Waals surface area contributed by atoms with E-state index in [1.807, 2.05) is 6.07 Å². The predicted molar refractivity (Wildman–Crippen MR) is 134 cm³/mol. The molecule has 0 unspecified atom stereocenters. The number of rotatable bonds is 5. The summed E-state index contributed by atoms with van der Waals surface area (Å²) >= 11 is 0. The maximum absolute atomic E-state index is 13.9. The Kier molecular flexibility index (Phi) is 5.81. The third-order valence-electron chi connectivity index (χ3n) is 6.87. The highest BCUT2D eigenvalue weighted by molar-refractivity contribution is 6.03. The summed E-state index contributed by atoms with van der Waals surface area (Å²) in [7, 11) is 0. The van der Waals surface area contributed by atoms with E-state index >= 15 is 0 Å². The second-order valence-electron chi connectivity index (χ2n) is 9.87. The van der Waals surface area contributed by atoms with E-state index in [0.29, 0.717) is 23.9 Å². The summed E-state index contributed by atoms with van der Waals surface area (Å²) in [6.45, 7) is 3.83. The average Bonchev–Trinajstić information content (AvgIpc) is 3.36. The first-order chi connectivity index (χ1) is 17.5.